The first-order valence-corrected chi connectivity index (χ1v) is 11.9. The van der Waals surface area contributed by atoms with Crippen LogP contribution in [-0.2, 0) is 4.79 Å². The maximum atomic E-state index is 13.4. The van der Waals surface area contributed by atoms with Crippen LogP contribution < -0.4 is 10.2 Å². The van der Waals surface area contributed by atoms with Crippen molar-refractivity contribution in [2.24, 2.45) is 4.99 Å². The molecule has 0 bridgehead atoms. The lowest BCUT2D eigenvalue weighted by atomic mass is 10.0. The van der Waals surface area contributed by atoms with E-state index in [-0.39, 0.29) is 11.8 Å². The lowest BCUT2D eigenvalue weighted by molar-refractivity contribution is -0.119. The standard InChI is InChI=1S/C27H27ClN4OS/c1-18(19-10-6-4-7-11-19)17-31(2)27(34)30-25-26(33)32(3)23-15-14-21(28)16-22(23)24(29-25)20-12-8-5-9-13-20/h4-16,18,25H,17H2,1-3H3,(H,30,34). The van der Waals surface area contributed by atoms with Gasteiger partial charge in [-0.3, -0.25) is 4.79 Å². The number of anilines is 1. The molecule has 0 radical (unpaired) electrons. The Labute approximate surface area is 211 Å². The number of benzene rings is 3. The molecular weight excluding hydrogens is 464 g/mol. The average molecular weight is 491 g/mol. The smallest absolute Gasteiger partial charge is 0.272 e. The zero-order valence-electron chi connectivity index (χ0n) is 19.4. The van der Waals surface area contributed by atoms with Crippen LogP contribution in [0.2, 0.25) is 5.02 Å². The summed E-state index contributed by atoms with van der Waals surface area (Å²) in [6.07, 6.45) is -0.867. The van der Waals surface area contributed by atoms with Crippen LogP contribution in [-0.4, -0.2) is 48.4 Å². The number of carbonyl (C=O) groups is 1. The molecule has 5 nitrogen and oxygen atoms in total. The van der Waals surface area contributed by atoms with Gasteiger partial charge < -0.3 is 15.1 Å². The molecule has 174 valence electrons. The molecule has 7 heteroatoms. The second kappa shape index (κ2) is 10.4. The Bertz CT molecular complexity index is 1220. The number of carbonyl (C=O) groups excluding carboxylic acids is 1. The molecule has 4 rings (SSSR count). The summed E-state index contributed by atoms with van der Waals surface area (Å²) in [4.78, 5) is 21.8. The number of aliphatic imine (C=N–C) groups is 1. The number of halogens is 1. The van der Waals surface area contributed by atoms with Gasteiger partial charge in [0.1, 0.15) is 0 Å². The maximum Gasteiger partial charge on any atom is 0.272 e. The van der Waals surface area contributed by atoms with Gasteiger partial charge in [0.05, 0.1) is 11.4 Å². The number of thiocarbonyl (C=S) groups is 1. The van der Waals surface area contributed by atoms with Crippen LogP contribution >= 0.6 is 23.8 Å². The molecule has 1 aliphatic heterocycles. The molecular formula is C27H27ClN4OS. The molecule has 0 saturated heterocycles. The van der Waals surface area contributed by atoms with E-state index in [0.29, 0.717) is 22.4 Å². The molecule has 2 atom stereocenters. The van der Waals surface area contributed by atoms with Crippen molar-refractivity contribution in [3.63, 3.8) is 0 Å². The van der Waals surface area contributed by atoms with Gasteiger partial charge in [0.25, 0.3) is 5.91 Å². The largest absolute Gasteiger partial charge is 0.352 e. The SMILES string of the molecule is CC(CN(C)C(=S)NC1N=C(c2ccccc2)c2cc(Cl)ccc2N(C)C1=O)c1ccccc1. The summed E-state index contributed by atoms with van der Waals surface area (Å²) in [5, 5.41) is 4.24. The van der Waals surface area contributed by atoms with E-state index in [1.807, 2.05) is 72.6 Å². The van der Waals surface area contributed by atoms with Gasteiger partial charge in [0.15, 0.2) is 5.11 Å². The summed E-state index contributed by atoms with van der Waals surface area (Å²) in [6.45, 7) is 2.86. The van der Waals surface area contributed by atoms with Crippen LogP contribution in [0.15, 0.2) is 83.9 Å². The number of fused-ring (bicyclic) bond motifs is 1. The fourth-order valence-corrected chi connectivity index (χ4v) is 4.43. The van der Waals surface area contributed by atoms with Gasteiger partial charge in [0.2, 0.25) is 6.17 Å². The zero-order valence-corrected chi connectivity index (χ0v) is 21.0. The summed E-state index contributed by atoms with van der Waals surface area (Å²) >= 11 is 12.0. The Kier molecular flexibility index (Phi) is 7.29. The lowest BCUT2D eigenvalue weighted by Gasteiger charge is -2.27. The summed E-state index contributed by atoms with van der Waals surface area (Å²) in [6, 6.07) is 25.6. The van der Waals surface area contributed by atoms with Crippen molar-refractivity contribution in [2.45, 2.75) is 19.0 Å². The fourth-order valence-electron chi connectivity index (χ4n) is 4.07. The first-order valence-electron chi connectivity index (χ1n) is 11.1. The minimum absolute atomic E-state index is 0.193. The summed E-state index contributed by atoms with van der Waals surface area (Å²) in [7, 11) is 3.67. The highest BCUT2D eigenvalue weighted by Gasteiger charge is 2.31. The second-order valence-corrected chi connectivity index (χ2v) is 9.27. The summed E-state index contributed by atoms with van der Waals surface area (Å²) in [5.41, 5.74) is 4.38. The summed E-state index contributed by atoms with van der Waals surface area (Å²) < 4.78 is 0. The van der Waals surface area contributed by atoms with Crippen LogP contribution in [0, 0.1) is 0 Å². The van der Waals surface area contributed by atoms with Crippen molar-refractivity contribution in [1.29, 1.82) is 0 Å². The molecule has 1 aliphatic rings. The number of hydrogen-bond donors (Lipinski definition) is 1. The number of rotatable bonds is 5. The van der Waals surface area contributed by atoms with Gasteiger partial charge in [0, 0.05) is 36.8 Å². The molecule has 1 amide bonds. The fraction of sp³-hybridized carbons (Fsp3) is 0.222. The van der Waals surface area contributed by atoms with E-state index in [0.717, 1.165) is 16.8 Å². The highest BCUT2D eigenvalue weighted by molar-refractivity contribution is 7.80. The van der Waals surface area contributed by atoms with E-state index < -0.39 is 6.17 Å². The number of nitrogens with one attached hydrogen (secondary N) is 1. The third kappa shape index (κ3) is 5.13. The number of amides is 1. The van der Waals surface area contributed by atoms with Crippen molar-refractivity contribution >= 4 is 46.2 Å². The van der Waals surface area contributed by atoms with E-state index in [4.69, 9.17) is 28.8 Å². The second-order valence-electron chi connectivity index (χ2n) is 8.45. The highest BCUT2D eigenvalue weighted by Crippen LogP contribution is 2.30. The molecule has 0 aliphatic carbocycles. The molecule has 1 heterocycles. The van der Waals surface area contributed by atoms with Crippen molar-refractivity contribution in [3.05, 3.63) is 101 Å². The number of hydrogen-bond acceptors (Lipinski definition) is 3. The molecule has 3 aromatic rings. The van der Waals surface area contributed by atoms with Crippen LogP contribution in [0.3, 0.4) is 0 Å². The topological polar surface area (TPSA) is 47.9 Å². The zero-order chi connectivity index (χ0) is 24.2. The van der Waals surface area contributed by atoms with Gasteiger partial charge in [-0.2, -0.15) is 0 Å². The predicted octanol–water partition coefficient (Wildman–Crippen LogP) is 5.09. The van der Waals surface area contributed by atoms with Crippen molar-refractivity contribution in [1.82, 2.24) is 10.2 Å². The third-order valence-corrected chi connectivity index (χ3v) is 6.63. The normalized spacial score (nSPS) is 16.2. The van der Waals surface area contributed by atoms with Gasteiger partial charge in [-0.15, -0.1) is 0 Å². The minimum atomic E-state index is -0.867. The molecule has 34 heavy (non-hydrogen) atoms. The van der Waals surface area contributed by atoms with E-state index in [2.05, 4.69) is 24.4 Å². The molecule has 0 fully saturated rings. The third-order valence-electron chi connectivity index (χ3n) is 5.97. The Morgan fingerprint density at radius 2 is 1.76 bits per heavy atom. The van der Waals surface area contributed by atoms with Gasteiger partial charge in [-0.05, 0) is 41.9 Å². The molecule has 2 unspecified atom stereocenters. The van der Waals surface area contributed by atoms with Crippen LogP contribution in [0.5, 0.6) is 0 Å². The Hall–Kier alpha value is -3.22. The average Bonchev–Trinajstić information content (AvgIpc) is 2.95. The van der Waals surface area contributed by atoms with Gasteiger partial charge in [-0.25, -0.2) is 4.99 Å². The van der Waals surface area contributed by atoms with Crippen LogP contribution in [0.1, 0.15) is 29.5 Å². The highest BCUT2D eigenvalue weighted by atomic mass is 35.5. The summed E-state index contributed by atoms with van der Waals surface area (Å²) in [5.74, 6) is 0.0783. The Morgan fingerprint density at radius 3 is 2.44 bits per heavy atom. The van der Waals surface area contributed by atoms with E-state index in [1.165, 1.54) is 5.56 Å². The quantitative estimate of drug-likeness (QED) is 0.506. The molecule has 0 saturated carbocycles. The molecule has 1 N–H and O–H groups in total. The molecule has 0 spiro atoms. The molecule has 3 aromatic carbocycles. The first-order chi connectivity index (χ1) is 16.3. The van der Waals surface area contributed by atoms with Crippen molar-refractivity contribution < 1.29 is 4.79 Å². The van der Waals surface area contributed by atoms with Crippen LogP contribution in [0.25, 0.3) is 0 Å². The van der Waals surface area contributed by atoms with E-state index in [1.54, 1.807) is 18.0 Å². The van der Waals surface area contributed by atoms with E-state index >= 15 is 0 Å². The maximum absolute atomic E-state index is 13.4. The number of nitrogens with zero attached hydrogens (tertiary/aromatic N) is 3. The monoisotopic (exact) mass is 490 g/mol. The number of benzodiazepines with no additional fused rings is 1. The lowest BCUT2D eigenvalue weighted by Crippen LogP contribution is -2.50. The Morgan fingerprint density at radius 1 is 1.12 bits per heavy atom. The molecule has 0 aromatic heterocycles. The van der Waals surface area contributed by atoms with Gasteiger partial charge >= 0.3 is 0 Å². The number of likely N-dealkylation sites (N-methyl/N-ethyl adjacent to an activating group) is 2. The van der Waals surface area contributed by atoms with Crippen LogP contribution in [0.4, 0.5) is 5.69 Å². The van der Waals surface area contributed by atoms with Crippen molar-refractivity contribution in [3.8, 4) is 0 Å². The van der Waals surface area contributed by atoms with Crippen molar-refractivity contribution in [2.75, 3.05) is 25.5 Å². The van der Waals surface area contributed by atoms with Gasteiger partial charge in [-0.1, -0.05) is 79.2 Å². The Balaban J connectivity index is 1.62. The first kappa shape index (κ1) is 23.9. The van der Waals surface area contributed by atoms with E-state index in [9.17, 15) is 4.79 Å². The minimum Gasteiger partial charge on any atom is -0.352 e. The predicted molar refractivity (Wildman–Crippen MR) is 144 cm³/mol.